The Balaban J connectivity index is 0.000000272. The molecule has 0 bridgehead atoms. The van der Waals surface area contributed by atoms with Crippen LogP contribution in [0.3, 0.4) is 0 Å². The minimum Gasteiger partial charge on any atom is -0.368 e. The van der Waals surface area contributed by atoms with Crippen LogP contribution in [0.1, 0.15) is 0 Å². The van der Waals surface area contributed by atoms with Gasteiger partial charge in [0.25, 0.3) is 0 Å². The molecule has 6 N–H and O–H groups in total. The number of rotatable bonds is 3. The molecular formula is C12H24N12. The van der Waals surface area contributed by atoms with Crippen molar-refractivity contribution in [1.29, 1.82) is 0 Å². The lowest BCUT2D eigenvalue weighted by molar-refractivity contribution is 0.886. The third kappa shape index (κ3) is 5.55. The van der Waals surface area contributed by atoms with Gasteiger partial charge in [0.15, 0.2) is 0 Å². The molecule has 0 saturated heterocycles. The summed E-state index contributed by atoms with van der Waals surface area (Å²) in [5.41, 5.74) is 15.4. The van der Waals surface area contributed by atoms with Gasteiger partial charge in [0.2, 0.25) is 35.7 Å². The van der Waals surface area contributed by atoms with E-state index in [1.165, 1.54) is 0 Å². The molecule has 0 aliphatic carbocycles. The summed E-state index contributed by atoms with van der Waals surface area (Å²) >= 11 is 0. The highest BCUT2D eigenvalue weighted by atomic mass is 15.4. The molecule has 132 valence electrons. The standard InChI is InChI=1S/C9H18N6.C3H6N6/c1-13(2)7-10-8(14(3)4)12-9(11-7)15(5)6;4-1-7-2(5)9-3(6)8-1/h1-6H3;(H6,4,5,6,7,8,9). The largest absolute Gasteiger partial charge is 0.368 e. The zero-order valence-electron chi connectivity index (χ0n) is 14.8. The van der Waals surface area contributed by atoms with Crippen molar-refractivity contribution in [3.63, 3.8) is 0 Å². The Morgan fingerprint density at radius 1 is 0.458 bits per heavy atom. The molecule has 2 aromatic heterocycles. The lowest BCUT2D eigenvalue weighted by atomic mass is 10.7. The molecule has 0 spiro atoms. The number of aromatic nitrogens is 6. The summed E-state index contributed by atoms with van der Waals surface area (Å²) in [6.45, 7) is 0. The average molecular weight is 336 g/mol. The molecule has 0 fully saturated rings. The van der Waals surface area contributed by atoms with Gasteiger partial charge in [-0.25, -0.2) is 0 Å². The monoisotopic (exact) mass is 336 g/mol. The summed E-state index contributed by atoms with van der Waals surface area (Å²) in [6, 6.07) is 0. The van der Waals surface area contributed by atoms with Gasteiger partial charge >= 0.3 is 0 Å². The normalized spacial score (nSPS) is 9.75. The van der Waals surface area contributed by atoms with Crippen LogP contribution in [0.25, 0.3) is 0 Å². The number of anilines is 6. The Morgan fingerprint density at radius 3 is 0.833 bits per heavy atom. The van der Waals surface area contributed by atoms with Crippen LogP contribution >= 0.6 is 0 Å². The Morgan fingerprint density at radius 2 is 0.667 bits per heavy atom. The van der Waals surface area contributed by atoms with E-state index in [1.54, 1.807) is 0 Å². The van der Waals surface area contributed by atoms with Crippen molar-refractivity contribution in [3.05, 3.63) is 0 Å². The lowest BCUT2D eigenvalue weighted by Gasteiger charge is -2.18. The van der Waals surface area contributed by atoms with Crippen molar-refractivity contribution in [2.45, 2.75) is 0 Å². The molecule has 12 nitrogen and oxygen atoms in total. The molecule has 12 heteroatoms. The van der Waals surface area contributed by atoms with Gasteiger partial charge in [-0.3, -0.25) is 0 Å². The summed E-state index contributed by atoms with van der Waals surface area (Å²) in [6.07, 6.45) is 0. The Kier molecular flexibility index (Phi) is 6.21. The summed E-state index contributed by atoms with van der Waals surface area (Å²) in [4.78, 5) is 29.0. The van der Waals surface area contributed by atoms with Gasteiger partial charge in [-0.1, -0.05) is 0 Å². The fraction of sp³-hybridized carbons (Fsp3) is 0.500. The van der Waals surface area contributed by atoms with Crippen molar-refractivity contribution in [1.82, 2.24) is 29.9 Å². The quantitative estimate of drug-likeness (QED) is 0.606. The van der Waals surface area contributed by atoms with E-state index >= 15 is 0 Å². The van der Waals surface area contributed by atoms with E-state index in [1.807, 2.05) is 57.0 Å². The Hall–Kier alpha value is -3.18. The van der Waals surface area contributed by atoms with Crippen LogP contribution in [-0.4, -0.2) is 72.2 Å². The van der Waals surface area contributed by atoms with Crippen LogP contribution in [0.15, 0.2) is 0 Å². The molecule has 0 saturated carbocycles. The maximum atomic E-state index is 5.14. The number of hydrogen-bond acceptors (Lipinski definition) is 12. The zero-order valence-corrected chi connectivity index (χ0v) is 14.8. The lowest BCUT2D eigenvalue weighted by Crippen LogP contribution is -2.22. The molecule has 0 aliphatic rings. The minimum absolute atomic E-state index is 0.0417. The number of nitrogens with two attached hydrogens (primary N) is 3. The van der Waals surface area contributed by atoms with E-state index in [9.17, 15) is 0 Å². The van der Waals surface area contributed by atoms with E-state index in [0.29, 0.717) is 17.8 Å². The smallest absolute Gasteiger partial charge is 0.231 e. The summed E-state index contributed by atoms with van der Waals surface area (Å²) in [7, 11) is 11.5. The second-order valence-corrected chi connectivity index (χ2v) is 5.33. The predicted molar refractivity (Wildman–Crippen MR) is 95.9 cm³/mol. The summed E-state index contributed by atoms with van der Waals surface area (Å²) in [5, 5.41) is 0. The van der Waals surface area contributed by atoms with E-state index in [-0.39, 0.29) is 17.8 Å². The van der Waals surface area contributed by atoms with Gasteiger partial charge in [0.05, 0.1) is 0 Å². The first-order valence-corrected chi connectivity index (χ1v) is 6.90. The third-order valence-corrected chi connectivity index (χ3v) is 2.49. The first-order chi connectivity index (χ1) is 11.1. The number of nitrogens with zero attached hydrogens (tertiary/aromatic N) is 9. The second-order valence-electron chi connectivity index (χ2n) is 5.33. The molecule has 0 unspecified atom stereocenters. The van der Waals surface area contributed by atoms with Crippen molar-refractivity contribution in [2.24, 2.45) is 0 Å². The van der Waals surface area contributed by atoms with Crippen LogP contribution in [0.2, 0.25) is 0 Å². The summed E-state index contributed by atoms with van der Waals surface area (Å²) < 4.78 is 0. The van der Waals surface area contributed by atoms with E-state index in [0.717, 1.165) is 0 Å². The van der Waals surface area contributed by atoms with Crippen LogP contribution in [0.4, 0.5) is 35.7 Å². The average Bonchev–Trinajstić information content (AvgIpc) is 2.45. The fourth-order valence-electron chi connectivity index (χ4n) is 1.37. The second kappa shape index (κ2) is 7.89. The van der Waals surface area contributed by atoms with Crippen molar-refractivity contribution in [3.8, 4) is 0 Å². The molecule has 24 heavy (non-hydrogen) atoms. The summed E-state index contributed by atoms with van der Waals surface area (Å²) in [5.74, 6) is 2.12. The van der Waals surface area contributed by atoms with Gasteiger partial charge in [-0.15, -0.1) is 0 Å². The van der Waals surface area contributed by atoms with Crippen LogP contribution in [0.5, 0.6) is 0 Å². The van der Waals surface area contributed by atoms with E-state index < -0.39 is 0 Å². The van der Waals surface area contributed by atoms with Gasteiger partial charge in [-0.2, -0.15) is 29.9 Å². The first kappa shape index (κ1) is 18.9. The topological polar surface area (TPSA) is 165 Å². The van der Waals surface area contributed by atoms with Crippen LogP contribution in [-0.2, 0) is 0 Å². The zero-order chi connectivity index (χ0) is 18.4. The Bertz CT molecular complexity index is 554. The molecule has 0 radical (unpaired) electrons. The molecule has 0 aliphatic heterocycles. The van der Waals surface area contributed by atoms with Crippen LogP contribution < -0.4 is 31.9 Å². The highest BCUT2D eigenvalue weighted by molar-refractivity contribution is 5.44. The highest BCUT2D eigenvalue weighted by Gasteiger charge is 2.10. The molecule has 0 amide bonds. The Labute approximate surface area is 140 Å². The first-order valence-electron chi connectivity index (χ1n) is 6.90. The van der Waals surface area contributed by atoms with Crippen molar-refractivity contribution >= 4 is 35.7 Å². The maximum Gasteiger partial charge on any atom is 0.231 e. The molecule has 2 heterocycles. The third-order valence-electron chi connectivity index (χ3n) is 2.49. The van der Waals surface area contributed by atoms with Crippen molar-refractivity contribution in [2.75, 3.05) is 74.2 Å². The predicted octanol–water partition coefficient (Wildman–Crippen LogP) is -1.31. The van der Waals surface area contributed by atoms with Gasteiger partial charge in [0, 0.05) is 42.3 Å². The highest BCUT2D eigenvalue weighted by Crippen LogP contribution is 2.14. The fourth-order valence-corrected chi connectivity index (χ4v) is 1.37. The number of hydrogen-bond donors (Lipinski definition) is 3. The van der Waals surface area contributed by atoms with Crippen molar-refractivity contribution < 1.29 is 0 Å². The van der Waals surface area contributed by atoms with Gasteiger partial charge in [0.1, 0.15) is 0 Å². The van der Waals surface area contributed by atoms with Crippen LogP contribution in [0, 0.1) is 0 Å². The van der Waals surface area contributed by atoms with E-state index in [4.69, 9.17) is 17.2 Å². The molecular weight excluding hydrogens is 312 g/mol. The minimum atomic E-state index is 0.0417. The molecule has 2 rings (SSSR count). The number of nitrogen functional groups attached to an aromatic ring is 3. The van der Waals surface area contributed by atoms with E-state index in [2.05, 4.69) is 29.9 Å². The molecule has 0 atom stereocenters. The SMILES string of the molecule is CN(C)c1nc(N(C)C)nc(N(C)C)n1.Nc1nc(N)nc(N)n1. The maximum absolute atomic E-state index is 5.14. The van der Waals surface area contributed by atoms with Gasteiger partial charge in [-0.05, 0) is 0 Å². The molecule has 0 aromatic carbocycles. The van der Waals surface area contributed by atoms with Gasteiger partial charge < -0.3 is 31.9 Å². The molecule has 2 aromatic rings.